The van der Waals surface area contributed by atoms with Gasteiger partial charge in [0, 0.05) is 29.9 Å². The summed E-state index contributed by atoms with van der Waals surface area (Å²) in [5, 5.41) is 2.56. The molecule has 0 saturated carbocycles. The Kier molecular flexibility index (Phi) is 5.50. The summed E-state index contributed by atoms with van der Waals surface area (Å²) in [5.74, 6) is -0.305. The third-order valence-corrected chi connectivity index (χ3v) is 7.19. The molecule has 9 heteroatoms. The first-order chi connectivity index (χ1) is 14.3. The predicted octanol–water partition coefficient (Wildman–Crippen LogP) is 4.14. The monoisotopic (exact) mass is 442 g/mol. The van der Waals surface area contributed by atoms with Crippen LogP contribution in [-0.2, 0) is 23.6 Å². The summed E-state index contributed by atoms with van der Waals surface area (Å²) in [6.07, 6.45) is 1.62. The molecule has 3 heterocycles. The van der Waals surface area contributed by atoms with Gasteiger partial charge in [0.1, 0.15) is 15.7 Å². The van der Waals surface area contributed by atoms with E-state index < -0.39 is 10.0 Å². The van der Waals surface area contributed by atoms with E-state index in [0.29, 0.717) is 27.8 Å². The highest BCUT2D eigenvalue weighted by Crippen LogP contribution is 2.32. The van der Waals surface area contributed by atoms with Gasteiger partial charge in [-0.1, -0.05) is 6.07 Å². The lowest BCUT2D eigenvalue weighted by Gasteiger charge is -2.06. The van der Waals surface area contributed by atoms with Crippen LogP contribution in [0, 0.1) is 12.7 Å². The van der Waals surface area contributed by atoms with Gasteiger partial charge >= 0.3 is 0 Å². The molecule has 30 heavy (non-hydrogen) atoms. The Morgan fingerprint density at radius 2 is 1.93 bits per heavy atom. The number of rotatable bonds is 6. The van der Waals surface area contributed by atoms with Crippen LogP contribution in [0.4, 0.5) is 4.39 Å². The van der Waals surface area contributed by atoms with Crippen LogP contribution in [0.1, 0.15) is 11.4 Å². The molecular weight excluding hydrogens is 423 g/mol. The number of aromatic nitrogens is 3. The summed E-state index contributed by atoms with van der Waals surface area (Å²) in [4.78, 5) is 8.97. The van der Waals surface area contributed by atoms with Gasteiger partial charge in [0.05, 0.1) is 23.6 Å². The quantitative estimate of drug-likeness (QED) is 0.487. The number of halogens is 1. The minimum Gasteiger partial charge on any atom is -0.345 e. The molecule has 0 fully saturated rings. The molecule has 4 rings (SSSR count). The summed E-state index contributed by atoms with van der Waals surface area (Å²) >= 11 is 1.41. The highest BCUT2D eigenvalue weighted by Gasteiger charge is 2.23. The number of benzene rings is 1. The van der Waals surface area contributed by atoms with E-state index in [-0.39, 0.29) is 17.3 Å². The molecular formula is C21H19FN4O2S2. The standard InChI is InChI=1S/C21H19FN4O2S2/c1-14-20(30(27,28)24-12-17-5-3-4-10-23-17)11-19(26(14)2)21-25-18(13-29-21)15-6-8-16(22)9-7-15/h3-11,13,24H,12H2,1-2H3. The fraction of sp³-hybridized carbons (Fsp3) is 0.143. The van der Waals surface area contributed by atoms with Gasteiger partial charge in [0.25, 0.3) is 0 Å². The van der Waals surface area contributed by atoms with Crippen LogP contribution >= 0.6 is 11.3 Å². The highest BCUT2D eigenvalue weighted by atomic mass is 32.2. The maximum atomic E-state index is 13.2. The minimum atomic E-state index is -3.72. The number of hydrogen-bond donors (Lipinski definition) is 1. The van der Waals surface area contributed by atoms with Gasteiger partial charge in [-0.05, 0) is 49.4 Å². The zero-order valence-corrected chi connectivity index (χ0v) is 18.0. The molecule has 1 aromatic carbocycles. The summed E-state index contributed by atoms with van der Waals surface area (Å²) in [6, 6.07) is 13.1. The van der Waals surface area contributed by atoms with Gasteiger partial charge < -0.3 is 4.57 Å². The third kappa shape index (κ3) is 4.04. The van der Waals surface area contributed by atoms with E-state index in [1.54, 1.807) is 50.5 Å². The molecule has 0 aliphatic carbocycles. The molecule has 6 nitrogen and oxygen atoms in total. The average Bonchev–Trinajstić information content (AvgIpc) is 3.34. The Morgan fingerprint density at radius 1 is 1.17 bits per heavy atom. The second-order valence-electron chi connectivity index (χ2n) is 6.73. The van der Waals surface area contributed by atoms with Crippen molar-refractivity contribution in [3.8, 4) is 22.0 Å². The van der Waals surface area contributed by atoms with E-state index in [4.69, 9.17) is 0 Å². The van der Waals surface area contributed by atoms with E-state index in [9.17, 15) is 12.8 Å². The topological polar surface area (TPSA) is 76.9 Å². The van der Waals surface area contributed by atoms with Crippen molar-refractivity contribution >= 4 is 21.4 Å². The summed E-state index contributed by atoms with van der Waals surface area (Å²) < 4.78 is 43.3. The first-order valence-electron chi connectivity index (χ1n) is 9.13. The first-order valence-corrected chi connectivity index (χ1v) is 11.5. The van der Waals surface area contributed by atoms with Crippen LogP contribution < -0.4 is 4.72 Å². The van der Waals surface area contributed by atoms with E-state index in [0.717, 1.165) is 5.56 Å². The molecule has 0 radical (unpaired) electrons. The number of nitrogens with one attached hydrogen (secondary N) is 1. The van der Waals surface area contributed by atoms with Crippen LogP contribution in [0.2, 0.25) is 0 Å². The largest absolute Gasteiger partial charge is 0.345 e. The summed E-state index contributed by atoms with van der Waals surface area (Å²) in [5.41, 5.74) is 3.46. The SMILES string of the molecule is Cc1c(S(=O)(=O)NCc2ccccn2)cc(-c2nc(-c3ccc(F)cc3)cs2)n1C. The van der Waals surface area contributed by atoms with Gasteiger partial charge in [-0.2, -0.15) is 0 Å². The van der Waals surface area contributed by atoms with Gasteiger partial charge in [-0.15, -0.1) is 11.3 Å². The van der Waals surface area contributed by atoms with Crippen molar-refractivity contribution in [3.63, 3.8) is 0 Å². The third-order valence-electron chi connectivity index (χ3n) is 4.81. The second kappa shape index (κ2) is 8.10. The predicted molar refractivity (Wildman–Crippen MR) is 115 cm³/mol. The molecule has 0 unspecified atom stereocenters. The summed E-state index contributed by atoms with van der Waals surface area (Å²) in [7, 11) is -1.92. The van der Waals surface area contributed by atoms with Gasteiger partial charge in [0.2, 0.25) is 10.0 Å². The van der Waals surface area contributed by atoms with E-state index in [2.05, 4.69) is 14.7 Å². The zero-order chi connectivity index (χ0) is 21.3. The first kappa shape index (κ1) is 20.4. The molecule has 0 saturated heterocycles. The normalized spacial score (nSPS) is 11.7. The van der Waals surface area contributed by atoms with E-state index in [1.165, 1.54) is 23.5 Å². The van der Waals surface area contributed by atoms with Crippen molar-refractivity contribution in [2.75, 3.05) is 0 Å². The molecule has 0 atom stereocenters. The van der Waals surface area contributed by atoms with Crippen molar-refractivity contribution in [3.05, 3.63) is 77.3 Å². The molecule has 0 spiro atoms. The number of thiazole rings is 1. The number of hydrogen-bond acceptors (Lipinski definition) is 5. The van der Waals surface area contributed by atoms with Gasteiger partial charge in [-0.3, -0.25) is 4.98 Å². The van der Waals surface area contributed by atoms with E-state index >= 15 is 0 Å². The van der Waals surface area contributed by atoms with Crippen LogP contribution in [0.3, 0.4) is 0 Å². The molecule has 0 bridgehead atoms. The Bertz CT molecular complexity index is 1280. The number of nitrogens with zero attached hydrogens (tertiary/aromatic N) is 3. The van der Waals surface area contributed by atoms with Gasteiger partial charge in [-0.25, -0.2) is 22.5 Å². The number of pyridine rings is 1. The molecule has 154 valence electrons. The Balaban J connectivity index is 1.62. The Hall–Kier alpha value is -2.88. The van der Waals surface area contributed by atoms with Crippen molar-refractivity contribution in [1.29, 1.82) is 0 Å². The Labute approximate surface area is 178 Å². The molecule has 4 aromatic rings. The van der Waals surface area contributed by atoms with Crippen molar-refractivity contribution in [1.82, 2.24) is 19.3 Å². The number of sulfonamides is 1. The smallest absolute Gasteiger partial charge is 0.242 e. The maximum absolute atomic E-state index is 13.2. The van der Waals surface area contributed by atoms with Crippen LogP contribution in [0.25, 0.3) is 22.0 Å². The van der Waals surface area contributed by atoms with Crippen molar-refractivity contribution in [2.24, 2.45) is 7.05 Å². The summed E-state index contributed by atoms with van der Waals surface area (Å²) in [6.45, 7) is 1.87. The average molecular weight is 443 g/mol. The maximum Gasteiger partial charge on any atom is 0.242 e. The minimum absolute atomic E-state index is 0.110. The van der Waals surface area contributed by atoms with Crippen molar-refractivity contribution < 1.29 is 12.8 Å². The molecule has 1 N–H and O–H groups in total. The molecule has 3 aromatic heterocycles. The van der Waals surface area contributed by atoms with Crippen LogP contribution in [-0.4, -0.2) is 23.0 Å². The molecule has 0 aliphatic heterocycles. The zero-order valence-electron chi connectivity index (χ0n) is 16.3. The van der Waals surface area contributed by atoms with Crippen molar-refractivity contribution in [2.45, 2.75) is 18.4 Å². The highest BCUT2D eigenvalue weighted by molar-refractivity contribution is 7.89. The lowest BCUT2D eigenvalue weighted by atomic mass is 10.2. The van der Waals surface area contributed by atoms with Crippen LogP contribution in [0.5, 0.6) is 0 Å². The molecule has 0 amide bonds. The fourth-order valence-electron chi connectivity index (χ4n) is 3.04. The van der Waals surface area contributed by atoms with E-state index in [1.807, 2.05) is 16.0 Å². The molecule has 0 aliphatic rings. The fourth-order valence-corrected chi connectivity index (χ4v) is 5.21. The lowest BCUT2D eigenvalue weighted by Crippen LogP contribution is -2.24. The second-order valence-corrected chi connectivity index (χ2v) is 9.32. The lowest BCUT2D eigenvalue weighted by molar-refractivity contribution is 0.579. The van der Waals surface area contributed by atoms with Gasteiger partial charge in [0.15, 0.2) is 0 Å². The van der Waals surface area contributed by atoms with Crippen LogP contribution in [0.15, 0.2) is 65.0 Å². The Morgan fingerprint density at radius 3 is 2.63 bits per heavy atom.